The third-order valence-electron chi connectivity index (χ3n) is 3.57. The van der Waals surface area contributed by atoms with Crippen LogP contribution in [0.15, 0.2) is 12.1 Å². The second kappa shape index (κ2) is 6.46. The molecular weight excluding hydrogens is 295 g/mol. The molecule has 1 saturated carbocycles. The molecule has 2 rings (SSSR count). The molecular formula is C13H17ClF3NS. The molecule has 1 fully saturated rings. The zero-order chi connectivity index (χ0) is 13.9. The molecule has 0 aromatic carbocycles. The van der Waals surface area contributed by atoms with Gasteiger partial charge in [-0.1, -0.05) is 18.0 Å². The predicted molar refractivity (Wildman–Crippen MR) is 72.8 cm³/mol. The minimum absolute atomic E-state index is 0.00388. The summed E-state index contributed by atoms with van der Waals surface area (Å²) in [7, 11) is 0. The first-order valence-electron chi connectivity index (χ1n) is 6.49. The quantitative estimate of drug-likeness (QED) is 0.853. The molecule has 1 aliphatic rings. The van der Waals surface area contributed by atoms with Crippen LogP contribution in [0.1, 0.15) is 30.6 Å². The molecule has 6 heteroatoms. The Morgan fingerprint density at radius 2 is 2.11 bits per heavy atom. The first-order valence-corrected chi connectivity index (χ1v) is 7.69. The Morgan fingerprint density at radius 1 is 1.32 bits per heavy atom. The number of hydrogen-bond acceptors (Lipinski definition) is 2. The van der Waals surface area contributed by atoms with Crippen molar-refractivity contribution < 1.29 is 13.2 Å². The molecule has 19 heavy (non-hydrogen) atoms. The van der Waals surface area contributed by atoms with E-state index in [2.05, 4.69) is 5.32 Å². The maximum atomic E-state index is 12.7. The summed E-state index contributed by atoms with van der Waals surface area (Å²) in [5.41, 5.74) is 0. The van der Waals surface area contributed by atoms with E-state index >= 15 is 0 Å². The lowest BCUT2D eigenvalue weighted by atomic mass is 9.85. The minimum Gasteiger partial charge on any atom is -0.314 e. The predicted octanol–water partition coefficient (Wildman–Crippen LogP) is 4.65. The molecule has 1 aromatic rings. The van der Waals surface area contributed by atoms with Crippen LogP contribution in [-0.4, -0.2) is 18.8 Å². The van der Waals surface area contributed by atoms with Crippen LogP contribution < -0.4 is 5.32 Å². The van der Waals surface area contributed by atoms with E-state index in [1.165, 1.54) is 16.2 Å². The number of thiophene rings is 1. The van der Waals surface area contributed by atoms with Gasteiger partial charge in [0.1, 0.15) is 0 Å². The highest BCUT2D eigenvalue weighted by Gasteiger charge is 2.41. The summed E-state index contributed by atoms with van der Waals surface area (Å²) in [5.74, 6) is -1.13. The summed E-state index contributed by atoms with van der Waals surface area (Å²) < 4.78 is 38.7. The summed E-state index contributed by atoms with van der Waals surface area (Å²) >= 11 is 7.36. The fourth-order valence-electron chi connectivity index (χ4n) is 2.56. The molecule has 0 bridgehead atoms. The molecule has 1 heterocycles. The summed E-state index contributed by atoms with van der Waals surface area (Å²) in [6.45, 7) is 0.714. The van der Waals surface area contributed by atoms with Crippen molar-refractivity contribution in [3.8, 4) is 0 Å². The molecule has 2 unspecified atom stereocenters. The second-order valence-corrected chi connectivity index (χ2v) is 6.81. The van der Waals surface area contributed by atoms with Crippen molar-refractivity contribution in [3.63, 3.8) is 0 Å². The van der Waals surface area contributed by atoms with Crippen LogP contribution in [0, 0.1) is 5.92 Å². The van der Waals surface area contributed by atoms with Crippen molar-refractivity contribution in [2.45, 2.75) is 44.3 Å². The van der Waals surface area contributed by atoms with E-state index in [9.17, 15) is 13.2 Å². The van der Waals surface area contributed by atoms with Crippen molar-refractivity contribution in [3.05, 3.63) is 21.3 Å². The van der Waals surface area contributed by atoms with Gasteiger partial charge in [0, 0.05) is 17.5 Å². The van der Waals surface area contributed by atoms with E-state index in [1.807, 2.05) is 12.1 Å². The smallest absolute Gasteiger partial charge is 0.314 e. The van der Waals surface area contributed by atoms with Gasteiger partial charge in [0.2, 0.25) is 0 Å². The van der Waals surface area contributed by atoms with Crippen LogP contribution in [-0.2, 0) is 6.42 Å². The van der Waals surface area contributed by atoms with E-state index < -0.39 is 12.1 Å². The van der Waals surface area contributed by atoms with Crippen LogP contribution >= 0.6 is 22.9 Å². The first-order chi connectivity index (χ1) is 8.95. The van der Waals surface area contributed by atoms with Crippen molar-refractivity contribution in [1.29, 1.82) is 0 Å². The monoisotopic (exact) mass is 311 g/mol. The zero-order valence-electron chi connectivity index (χ0n) is 10.5. The Labute approximate surface area is 120 Å². The van der Waals surface area contributed by atoms with Crippen LogP contribution in [0.2, 0.25) is 4.34 Å². The second-order valence-electron chi connectivity index (χ2n) is 5.01. The Balaban J connectivity index is 1.74. The van der Waals surface area contributed by atoms with Crippen molar-refractivity contribution in [1.82, 2.24) is 5.32 Å². The molecule has 0 aliphatic heterocycles. The molecule has 0 radical (unpaired) electrons. The summed E-state index contributed by atoms with van der Waals surface area (Å²) in [4.78, 5) is 1.17. The van der Waals surface area contributed by atoms with E-state index in [0.717, 1.165) is 17.2 Å². The molecule has 1 aliphatic carbocycles. The maximum absolute atomic E-state index is 12.7. The van der Waals surface area contributed by atoms with Crippen LogP contribution in [0.25, 0.3) is 0 Å². The number of halogens is 4. The molecule has 1 aromatic heterocycles. The largest absolute Gasteiger partial charge is 0.391 e. The number of hydrogen-bond donors (Lipinski definition) is 1. The van der Waals surface area contributed by atoms with Gasteiger partial charge in [-0.2, -0.15) is 13.2 Å². The van der Waals surface area contributed by atoms with Crippen molar-refractivity contribution in [2.24, 2.45) is 5.92 Å². The summed E-state index contributed by atoms with van der Waals surface area (Å²) in [6, 6.07) is 3.81. The Morgan fingerprint density at radius 3 is 2.74 bits per heavy atom. The van der Waals surface area contributed by atoms with E-state index in [0.29, 0.717) is 13.0 Å². The van der Waals surface area contributed by atoms with E-state index in [-0.39, 0.29) is 18.9 Å². The van der Waals surface area contributed by atoms with Gasteiger partial charge in [-0.25, -0.2) is 0 Å². The maximum Gasteiger partial charge on any atom is 0.391 e. The molecule has 1 N–H and O–H groups in total. The van der Waals surface area contributed by atoms with Gasteiger partial charge in [-0.05, 0) is 37.8 Å². The van der Waals surface area contributed by atoms with Crippen LogP contribution in [0.5, 0.6) is 0 Å². The normalized spacial score (nSPS) is 24.6. The number of nitrogens with one attached hydrogen (secondary N) is 1. The van der Waals surface area contributed by atoms with E-state index in [4.69, 9.17) is 11.6 Å². The highest BCUT2D eigenvalue weighted by Crippen LogP contribution is 2.37. The lowest BCUT2D eigenvalue weighted by Gasteiger charge is -2.31. The molecule has 1 nitrogen and oxygen atoms in total. The molecule has 0 saturated heterocycles. The van der Waals surface area contributed by atoms with Crippen molar-refractivity contribution in [2.75, 3.05) is 6.54 Å². The van der Waals surface area contributed by atoms with Crippen LogP contribution in [0.4, 0.5) is 13.2 Å². The highest BCUT2D eigenvalue weighted by atomic mass is 35.5. The topological polar surface area (TPSA) is 12.0 Å². The van der Waals surface area contributed by atoms with Gasteiger partial charge in [-0.3, -0.25) is 0 Å². The third-order valence-corrected chi connectivity index (χ3v) is 4.86. The van der Waals surface area contributed by atoms with Gasteiger partial charge in [0.15, 0.2) is 0 Å². The fourth-order valence-corrected chi connectivity index (χ4v) is 3.65. The number of rotatable bonds is 4. The van der Waals surface area contributed by atoms with Gasteiger partial charge in [-0.15, -0.1) is 11.3 Å². The minimum atomic E-state index is -4.04. The highest BCUT2D eigenvalue weighted by molar-refractivity contribution is 7.16. The lowest BCUT2D eigenvalue weighted by Crippen LogP contribution is -2.39. The Bertz CT molecular complexity index is 405. The number of alkyl halides is 3. The Kier molecular flexibility index (Phi) is 5.15. The zero-order valence-corrected chi connectivity index (χ0v) is 12.0. The van der Waals surface area contributed by atoms with Crippen LogP contribution in [0.3, 0.4) is 0 Å². The molecule has 0 amide bonds. The average Bonchev–Trinajstić information content (AvgIpc) is 2.74. The van der Waals surface area contributed by atoms with Crippen molar-refractivity contribution >= 4 is 22.9 Å². The molecule has 2 atom stereocenters. The lowest BCUT2D eigenvalue weighted by molar-refractivity contribution is -0.183. The average molecular weight is 312 g/mol. The third kappa shape index (κ3) is 4.65. The summed E-state index contributed by atoms with van der Waals surface area (Å²) in [5, 5.41) is 3.24. The van der Waals surface area contributed by atoms with Gasteiger partial charge in [0.05, 0.1) is 10.3 Å². The van der Waals surface area contributed by atoms with Gasteiger partial charge in [0.25, 0.3) is 0 Å². The summed E-state index contributed by atoms with van der Waals surface area (Å²) in [6.07, 6.45) is -1.21. The fraction of sp³-hybridized carbons (Fsp3) is 0.692. The Hall–Kier alpha value is -0.260. The van der Waals surface area contributed by atoms with E-state index in [1.54, 1.807) is 0 Å². The first kappa shape index (κ1) is 15.1. The standard InChI is InChI=1S/C13H17ClF3NS/c14-12-5-4-11(19-12)6-7-18-10-3-1-2-9(8-10)13(15,16)17/h4-5,9-10,18H,1-3,6-8H2. The van der Waals surface area contributed by atoms with Gasteiger partial charge < -0.3 is 5.32 Å². The van der Waals surface area contributed by atoms with Gasteiger partial charge >= 0.3 is 6.18 Å². The molecule has 108 valence electrons. The molecule has 0 spiro atoms. The SMILES string of the molecule is FC(F)(F)C1CCCC(NCCc2ccc(Cl)s2)C1.